The van der Waals surface area contributed by atoms with Crippen LogP contribution in [-0.2, 0) is 19.2 Å². The van der Waals surface area contributed by atoms with Gasteiger partial charge in [0.1, 0.15) is 12.3 Å². The summed E-state index contributed by atoms with van der Waals surface area (Å²) in [6, 6.07) is 17.0. The molecule has 0 bridgehead atoms. The van der Waals surface area contributed by atoms with E-state index >= 15 is 0 Å². The molecule has 0 N–H and O–H groups in total. The van der Waals surface area contributed by atoms with Crippen molar-refractivity contribution in [1.29, 1.82) is 0 Å². The maximum absolute atomic E-state index is 13.5. The highest BCUT2D eigenvalue weighted by Gasteiger charge is 2.36. The number of aromatic nitrogens is 4. The van der Waals surface area contributed by atoms with Crippen LogP contribution in [0.4, 0.5) is 13.2 Å². The van der Waals surface area contributed by atoms with Crippen LogP contribution in [0.15, 0.2) is 71.3 Å². The molecule has 0 unspecified atom stereocenters. The predicted molar refractivity (Wildman–Crippen MR) is 117 cm³/mol. The lowest BCUT2D eigenvalue weighted by atomic mass is 10.0. The fraction of sp³-hybridized carbons (Fsp3) is 0.174. The van der Waals surface area contributed by atoms with E-state index < -0.39 is 11.9 Å². The number of rotatable bonds is 6. The van der Waals surface area contributed by atoms with Gasteiger partial charge in [0.2, 0.25) is 5.88 Å². The lowest BCUT2D eigenvalue weighted by Gasteiger charge is -2.13. The van der Waals surface area contributed by atoms with E-state index in [-0.39, 0.29) is 12.4 Å². The van der Waals surface area contributed by atoms with Gasteiger partial charge in [0.15, 0.2) is 5.82 Å². The van der Waals surface area contributed by atoms with Crippen LogP contribution >= 0.6 is 15.9 Å². The van der Waals surface area contributed by atoms with Gasteiger partial charge in [0.05, 0.1) is 11.4 Å². The number of nitrogens with zero attached hydrogens (tertiary/aromatic N) is 4. The molecule has 0 fully saturated rings. The monoisotopic (exact) mass is 502 g/mol. The first-order chi connectivity index (χ1) is 15.3. The van der Waals surface area contributed by atoms with Crippen LogP contribution in [0.25, 0.3) is 17.1 Å². The lowest BCUT2D eigenvalue weighted by molar-refractivity contribution is -0.142. The number of hydrogen-bond acceptors (Lipinski definition) is 4. The molecule has 3 aromatic heterocycles. The summed E-state index contributed by atoms with van der Waals surface area (Å²) in [6.45, 7) is 1.99. The van der Waals surface area contributed by atoms with E-state index in [1.165, 1.54) is 6.07 Å². The van der Waals surface area contributed by atoms with Crippen LogP contribution < -0.4 is 4.74 Å². The second-order valence-corrected chi connectivity index (χ2v) is 7.84. The molecular weight excluding hydrogens is 485 g/mol. The standard InChI is InChI=1S/C23H18BrF3N4O/c1-2-17-12-20(23(25,26)27)31(30-17)21-9-5-8-19(29-21)18-7-4-3-6-15(18)14-32-22-11-10-16(24)13-28-22/h3-13H,2,14H2,1H3. The van der Waals surface area contributed by atoms with E-state index in [2.05, 4.69) is 31.0 Å². The van der Waals surface area contributed by atoms with Gasteiger partial charge in [-0.2, -0.15) is 18.3 Å². The van der Waals surface area contributed by atoms with Crippen molar-refractivity contribution in [3.8, 4) is 23.0 Å². The van der Waals surface area contributed by atoms with Crippen molar-refractivity contribution in [3.05, 3.63) is 88.3 Å². The Hall–Kier alpha value is -3.20. The topological polar surface area (TPSA) is 52.8 Å². The van der Waals surface area contributed by atoms with Crippen molar-refractivity contribution in [2.45, 2.75) is 26.1 Å². The normalized spacial score (nSPS) is 11.5. The highest BCUT2D eigenvalue weighted by Crippen LogP contribution is 2.32. The van der Waals surface area contributed by atoms with E-state index in [1.54, 1.807) is 31.3 Å². The van der Waals surface area contributed by atoms with Crippen molar-refractivity contribution in [2.75, 3.05) is 0 Å². The Morgan fingerprint density at radius 3 is 2.56 bits per heavy atom. The molecule has 5 nitrogen and oxygen atoms in total. The predicted octanol–water partition coefficient (Wildman–Crippen LogP) is 6.25. The molecule has 0 amide bonds. The molecule has 0 saturated carbocycles. The Labute approximate surface area is 191 Å². The van der Waals surface area contributed by atoms with Crippen LogP contribution in [0, 0.1) is 0 Å². The summed E-state index contributed by atoms with van der Waals surface area (Å²) in [5.74, 6) is 0.558. The van der Waals surface area contributed by atoms with E-state index in [0.717, 1.165) is 26.3 Å². The van der Waals surface area contributed by atoms with Gasteiger partial charge >= 0.3 is 6.18 Å². The van der Waals surface area contributed by atoms with Gasteiger partial charge in [0, 0.05) is 22.3 Å². The number of alkyl halides is 3. The molecule has 0 saturated heterocycles. The van der Waals surface area contributed by atoms with Crippen molar-refractivity contribution in [3.63, 3.8) is 0 Å². The number of aryl methyl sites for hydroxylation is 1. The van der Waals surface area contributed by atoms with Gasteiger partial charge in [-0.3, -0.25) is 0 Å². The van der Waals surface area contributed by atoms with E-state index in [0.29, 0.717) is 23.7 Å². The second-order valence-electron chi connectivity index (χ2n) is 6.93. The molecule has 1 aromatic carbocycles. The third kappa shape index (κ3) is 4.83. The van der Waals surface area contributed by atoms with Crippen molar-refractivity contribution < 1.29 is 17.9 Å². The molecule has 164 valence electrons. The average Bonchev–Trinajstić information content (AvgIpc) is 3.24. The molecule has 0 aliphatic rings. The van der Waals surface area contributed by atoms with Gasteiger partial charge in [-0.25, -0.2) is 14.6 Å². The van der Waals surface area contributed by atoms with E-state index in [4.69, 9.17) is 4.74 Å². The zero-order valence-electron chi connectivity index (χ0n) is 17.0. The highest BCUT2D eigenvalue weighted by atomic mass is 79.9. The fourth-order valence-corrected chi connectivity index (χ4v) is 3.40. The Morgan fingerprint density at radius 2 is 1.84 bits per heavy atom. The number of ether oxygens (including phenoxy) is 1. The Bertz CT molecular complexity index is 1220. The third-order valence-electron chi connectivity index (χ3n) is 4.73. The molecule has 0 aliphatic carbocycles. The smallest absolute Gasteiger partial charge is 0.433 e. The highest BCUT2D eigenvalue weighted by molar-refractivity contribution is 9.10. The number of halogens is 4. The summed E-state index contributed by atoms with van der Waals surface area (Å²) >= 11 is 3.33. The van der Waals surface area contributed by atoms with Crippen molar-refractivity contribution in [2.24, 2.45) is 0 Å². The summed E-state index contributed by atoms with van der Waals surface area (Å²) in [6.07, 6.45) is -2.51. The molecule has 9 heteroatoms. The molecule has 0 aliphatic heterocycles. The molecule has 0 spiro atoms. The van der Waals surface area contributed by atoms with Gasteiger partial charge in [0.25, 0.3) is 0 Å². The van der Waals surface area contributed by atoms with Crippen LogP contribution in [0.2, 0.25) is 0 Å². The largest absolute Gasteiger partial charge is 0.473 e. The maximum Gasteiger partial charge on any atom is 0.433 e. The zero-order valence-corrected chi connectivity index (χ0v) is 18.6. The quantitative estimate of drug-likeness (QED) is 0.312. The minimum absolute atomic E-state index is 0.0971. The molecule has 0 atom stereocenters. The SMILES string of the molecule is CCc1cc(C(F)(F)F)n(-c2cccc(-c3ccccc3COc3ccc(Br)cn3)n2)n1. The van der Waals surface area contributed by atoms with Gasteiger partial charge in [-0.15, -0.1) is 0 Å². The average molecular weight is 503 g/mol. The first kappa shape index (κ1) is 22.0. The van der Waals surface area contributed by atoms with Crippen LogP contribution in [0.1, 0.15) is 23.9 Å². The molecule has 0 radical (unpaired) electrons. The lowest BCUT2D eigenvalue weighted by Crippen LogP contribution is -2.14. The van der Waals surface area contributed by atoms with Crippen molar-refractivity contribution in [1.82, 2.24) is 19.7 Å². The summed E-state index contributed by atoms with van der Waals surface area (Å²) in [5, 5.41) is 4.10. The molecule has 4 aromatic rings. The van der Waals surface area contributed by atoms with E-state index in [9.17, 15) is 13.2 Å². The Morgan fingerprint density at radius 1 is 1.03 bits per heavy atom. The molecular formula is C23H18BrF3N4O. The van der Waals surface area contributed by atoms with Crippen molar-refractivity contribution >= 4 is 15.9 Å². The van der Waals surface area contributed by atoms with Crippen LogP contribution in [0.3, 0.4) is 0 Å². The first-order valence-electron chi connectivity index (χ1n) is 9.81. The summed E-state index contributed by atoms with van der Waals surface area (Å²) in [4.78, 5) is 8.68. The molecule has 32 heavy (non-hydrogen) atoms. The molecule has 4 rings (SSSR count). The minimum Gasteiger partial charge on any atom is -0.473 e. The van der Waals surface area contributed by atoms with E-state index in [1.807, 2.05) is 30.3 Å². The van der Waals surface area contributed by atoms with Gasteiger partial charge < -0.3 is 4.74 Å². The first-order valence-corrected chi connectivity index (χ1v) is 10.6. The summed E-state index contributed by atoms with van der Waals surface area (Å²) in [7, 11) is 0. The fourth-order valence-electron chi connectivity index (χ4n) is 3.17. The Balaban J connectivity index is 1.68. The van der Waals surface area contributed by atoms with Crippen LogP contribution in [-0.4, -0.2) is 19.7 Å². The Kier molecular flexibility index (Phi) is 6.27. The summed E-state index contributed by atoms with van der Waals surface area (Å²) in [5.41, 5.74) is 1.60. The third-order valence-corrected chi connectivity index (χ3v) is 5.20. The minimum atomic E-state index is -4.54. The van der Waals surface area contributed by atoms with Gasteiger partial charge in [-0.05, 0) is 52.2 Å². The zero-order chi connectivity index (χ0) is 22.7. The number of hydrogen-bond donors (Lipinski definition) is 0. The maximum atomic E-state index is 13.5. The second kappa shape index (κ2) is 9.12. The summed E-state index contributed by atoms with van der Waals surface area (Å²) < 4.78 is 48.1. The van der Waals surface area contributed by atoms with Crippen LogP contribution in [0.5, 0.6) is 5.88 Å². The number of pyridine rings is 2. The molecule has 3 heterocycles. The number of benzene rings is 1. The van der Waals surface area contributed by atoms with Gasteiger partial charge in [-0.1, -0.05) is 37.3 Å².